The fourth-order valence-corrected chi connectivity index (χ4v) is 4.10. The van der Waals surface area contributed by atoms with Crippen molar-refractivity contribution >= 4 is 27.0 Å². The summed E-state index contributed by atoms with van der Waals surface area (Å²) >= 11 is 0. The molecule has 1 aliphatic heterocycles. The zero-order valence-corrected chi connectivity index (χ0v) is 15.8. The molecule has 0 aromatic carbocycles. The van der Waals surface area contributed by atoms with E-state index >= 15 is 0 Å². The van der Waals surface area contributed by atoms with Gasteiger partial charge < -0.3 is 5.32 Å². The molecule has 8 nitrogen and oxygen atoms in total. The highest BCUT2D eigenvalue weighted by atomic mass is 32.2. The molecule has 28 heavy (non-hydrogen) atoms. The van der Waals surface area contributed by atoms with Gasteiger partial charge in [-0.15, -0.1) is 0 Å². The van der Waals surface area contributed by atoms with Gasteiger partial charge in [-0.2, -0.15) is 4.98 Å². The summed E-state index contributed by atoms with van der Waals surface area (Å²) in [6.07, 6.45) is -4.47. The molecule has 0 radical (unpaired) electrons. The molecule has 1 aliphatic carbocycles. The van der Waals surface area contributed by atoms with Gasteiger partial charge >= 0.3 is 0 Å². The Labute approximate surface area is 179 Å². The maximum Gasteiger partial charge on any atom is 0.255 e. The van der Waals surface area contributed by atoms with Crippen LogP contribution in [0.2, 0.25) is 0 Å². The smallest absolute Gasteiger partial charge is 0.255 e. The number of aromatic nitrogens is 3. The predicted molar refractivity (Wildman–Crippen MR) is 109 cm³/mol. The molecule has 152 valence electrons. The van der Waals surface area contributed by atoms with Gasteiger partial charge in [0.05, 0.1) is 6.18 Å². The first-order chi connectivity index (χ1) is 17.3. The number of piperidine rings is 1. The minimum atomic E-state index is -4.99. The first kappa shape index (κ1) is 10.7. The molecule has 0 spiro atoms. The number of hydrogen-bond donors (Lipinski definition) is 1. The zero-order chi connectivity index (χ0) is 28.5. The lowest BCUT2D eigenvalue weighted by molar-refractivity contribution is 0.331. The molecule has 2 aromatic heterocycles. The molecular weight excluding hydrogens is 378 g/mol. The number of nitrogens with zero attached hydrogens (tertiary/aromatic N) is 4. The molecule has 1 saturated carbocycles. The van der Waals surface area contributed by atoms with Crippen molar-refractivity contribution in [3.05, 3.63) is 28.2 Å². The highest BCUT2D eigenvalue weighted by Crippen LogP contribution is 2.30. The van der Waals surface area contributed by atoms with E-state index in [0.717, 1.165) is 12.8 Å². The van der Waals surface area contributed by atoms with Crippen LogP contribution in [-0.4, -0.2) is 52.6 Å². The largest absolute Gasteiger partial charge is 0.351 e. The lowest BCUT2D eigenvalue weighted by atomic mass is 10.1. The van der Waals surface area contributed by atoms with Gasteiger partial charge in [0.1, 0.15) is 5.65 Å². The van der Waals surface area contributed by atoms with Gasteiger partial charge in [-0.05, 0) is 38.5 Å². The molecule has 1 N–H and O–H groups in total. The van der Waals surface area contributed by atoms with E-state index in [9.17, 15) is 13.2 Å². The van der Waals surface area contributed by atoms with Crippen LogP contribution in [0.5, 0.6) is 0 Å². The predicted octanol–water partition coefficient (Wildman–Crippen LogP) is 2.05. The number of rotatable bonds is 4. The summed E-state index contributed by atoms with van der Waals surface area (Å²) in [7, 11) is -4.99. The number of sulfonamides is 1. The third kappa shape index (κ3) is 3.77. The summed E-state index contributed by atoms with van der Waals surface area (Å²) in [5.74, 6) is -0.254. The van der Waals surface area contributed by atoms with E-state index in [2.05, 4.69) is 15.3 Å². The summed E-state index contributed by atoms with van der Waals surface area (Å²) < 4.78 is 105. The first-order valence-corrected chi connectivity index (χ1v) is 10.4. The lowest BCUT2D eigenvalue weighted by Crippen LogP contribution is -2.42. The lowest BCUT2D eigenvalue weighted by Gasteiger charge is -2.30. The monoisotopic (exact) mass is 415 g/mol. The van der Waals surface area contributed by atoms with Gasteiger partial charge in [0, 0.05) is 56.0 Å². The Balaban J connectivity index is 1.76. The Morgan fingerprint density at radius 1 is 1.29 bits per heavy atom. The summed E-state index contributed by atoms with van der Waals surface area (Å²) in [5.41, 5.74) is -0.990. The van der Waals surface area contributed by atoms with Gasteiger partial charge in [0.15, 0.2) is 0 Å². The number of anilines is 1. The molecule has 4 rings (SSSR count). The maximum atomic E-state index is 13.2. The third-order valence-electron chi connectivity index (χ3n) is 5.02. The average Bonchev–Trinajstić information content (AvgIpc) is 3.28. The second-order valence-electron chi connectivity index (χ2n) is 6.90. The van der Waals surface area contributed by atoms with E-state index in [4.69, 9.17) is 13.7 Å². The molecule has 2 fully saturated rings. The van der Waals surface area contributed by atoms with Crippen molar-refractivity contribution in [3.8, 4) is 0 Å². The maximum absolute atomic E-state index is 13.2. The van der Waals surface area contributed by atoms with Crippen LogP contribution < -0.4 is 10.9 Å². The van der Waals surface area contributed by atoms with Crippen molar-refractivity contribution in [2.24, 2.45) is 0 Å². The van der Waals surface area contributed by atoms with E-state index in [-0.39, 0.29) is 32.9 Å². The second kappa shape index (κ2) is 7.44. The van der Waals surface area contributed by atoms with Gasteiger partial charge in [-0.3, -0.25) is 9.36 Å². The summed E-state index contributed by atoms with van der Waals surface area (Å²) in [6, 6.07) is -0.804. The quantitative estimate of drug-likeness (QED) is 0.821. The number of fused-ring (bicyclic) bond motifs is 1. The van der Waals surface area contributed by atoms with Crippen LogP contribution in [0, 0.1) is 6.85 Å². The van der Waals surface area contributed by atoms with E-state index < -0.39 is 60.5 Å². The van der Waals surface area contributed by atoms with Gasteiger partial charge in [-0.25, -0.2) is 17.7 Å². The molecule has 0 atom stereocenters. The van der Waals surface area contributed by atoms with Crippen molar-refractivity contribution < 1.29 is 22.1 Å². The highest BCUT2D eigenvalue weighted by molar-refractivity contribution is 7.88. The molecule has 2 aliphatic rings. The zero-order valence-electron chi connectivity index (χ0n) is 25.0. The van der Waals surface area contributed by atoms with Gasteiger partial charge in [0.25, 0.3) is 5.56 Å². The molecule has 0 amide bonds. The van der Waals surface area contributed by atoms with E-state index in [1.807, 2.05) is 0 Å². The fourth-order valence-electron chi connectivity index (χ4n) is 3.61. The topological polar surface area (TPSA) is 97.2 Å². The average molecular weight is 416 g/mol. The van der Waals surface area contributed by atoms with E-state index in [1.165, 1.54) is 16.8 Å². The SMILES string of the molecule is [2H]C([2H])([2H])c1cc2cnc(NC3C([2H])([2H])CN(S(=O)(=O)C([2H])([2H])[2H])CC3([2H])[2H])nc2n(C2CCCC2)c1=O. The Kier molecular flexibility index (Phi) is 2.84. The molecule has 9 heteroatoms. The summed E-state index contributed by atoms with van der Waals surface area (Å²) in [5, 5.41) is 2.85. The van der Waals surface area contributed by atoms with Crippen molar-refractivity contribution in [3.63, 3.8) is 0 Å². The van der Waals surface area contributed by atoms with E-state index in [0.29, 0.717) is 12.8 Å². The molecule has 0 bridgehead atoms. The summed E-state index contributed by atoms with van der Waals surface area (Å²) in [6.45, 7) is -4.52. The van der Waals surface area contributed by atoms with Crippen LogP contribution in [-0.2, 0) is 10.0 Å². The summed E-state index contributed by atoms with van der Waals surface area (Å²) in [4.78, 5) is 21.7. The van der Waals surface area contributed by atoms with Crippen molar-refractivity contribution in [2.75, 3.05) is 24.6 Å². The fraction of sp³-hybridized carbons (Fsp3) is 0.632. The Morgan fingerprint density at radius 3 is 2.71 bits per heavy atom. The van der Waals surface area contributed by atoms with Gasteiger partial charge in [0.2, 0.25) is 16.0 Å². The number of pyridine rings is 1. The molecule has 0 unspecified atom stereocenters. The molecular formula is C19H27N5O3S. The number of nitrogens with one attached hydrogen (secondary N) is 1. The minimum absolute atomic E-state index is 0.107. The molecule has 3 heterocycles. The Morgan fingerprint density at radius 2 is 2.04 bits per heavy atom. The van der Waals surface area contributed by atoms with Crippen molar-refractivity contribution in [1.29, 1.82) is 0 Å². The molecule has 1 saturated heterocycles. The van der Waals surface area contributed by atoms with Crippen molar-refractivity contribution in [2.45, 2.75) is 57.4 Å². The number of aryl methyl sites for hydroxylation is 1. The van der Waals surface area contributed by atoms with Crippen LogP contribution in [0.4, 0.5) is 5.95 Å². The first-order valence-electron chi connectivity index (χ1n) is 13.9. The number of hydrogen-bond acceptors (Lipinski definition) is 6. The highest BCUT2D eigenvalue weighted by Gasteiger charge is 2.26. The van der Waals surface area contributed by atoms with Crippen LogP contribution >= 0.6 is 0 Å². The Bertz CT molecular complexity index is 1380. The van der Waals surface area contributed by atoms with Gasteiger partial charge in [-0.1, -0.05) is 12.8 Å². The van der Waals surface area contributed by atoms with Crippen LogP contribution in [0.25, 0.3) is 11.0 Å². The van der Waals surface area contributed by atoms with Crippen LogP contribution in [0.15, 0.2) is 17.1 Å². The van der Waals surface area contributed by atoms with Crippen LogP contribution in [0.3, 0.4) is 0 Å². The van der Waals surface area contributed by atoms with Crippen molar-refractivity contribution in [1.82, 2.24) is 18.8 Å². The second-order valence-corrected chi connectivity index (χ2v) is 8.37. The van der Waals surface area contributed by atoms with Crippen LogP contribution in [0.1, 0.15) is 63.7 Å². The normalized spacial score (nSPS) is 29.9. The third-order valence-corrected chi connectivity index (χ3v) is 5.96. The minimum Gasteiger partial charge on any atom is -0.351 e. The molecule has 2 aromatic rings. The van der Waals surface area contributed by atoms with E-state index in [1.54, 1.807) is 0 Å². The Hall–Kier alpha value is -2.00. The standard InChI is InChI=1S/C19H27N5O3S/c1-13-11-14-12-20-19(21-15-7-9-23(10-8-15)28(2,26)27)22-17(14)24(18(13)25)16-5-3-4-6-16/h11-12,15-16H,3-10H2,1-2H3,(H,20,21,22)/i1D3,2D3,7D2,8D2.